The lowest BCUT2D eigenvalue weighted by Crippen LogP contribution is -2.27. The first-order valence-corrected chi connectivity index (χ1v) is 4.34. The molecule has 1 aliphatic heterocycles. The summed E-state index contributed by atoms with van der Waals surface area (Å²) in [6.45, 7) is 5.63. The normalized spacial score (nSPS) is 25.3. The Morgan fingerprint density at radius 3 is 2.90 bits per heavy atom. The van der Waals surface area contributed by atoms with Gasteiger partial charge >= 0.3 is 0 Å². The van der Waals surface area contributed by atoms with E-state index in [1.165, 1.54) is 25.6 Å². The van der Waals surface area contributed by atoms with Crippen LogP contribution in [0.1, 0.15) is 20.3 Å². The van der Waals surface area contributed by atoms with Crippen LogP contribution in [0.25, 0.3) is 0 Å². The van der Waals surface area contributed by atoms with Crippen molar-refractivity contribution in [1.82, 2.24) is 5.32 Å². The molecule has 0 aromatic rings. The molecule has 1 fully saturated rings. The van der Waals surface area contributed by atoms with Crippen LogP contribution in [0.3, 0.4) is 0 Å². The van der Waals surface area contributed by atoms with Crippen molar-refractivity contribution in [3.05, 3.63) is 0 Å². The molecule has 1 saturated heterocycles. The Balaban J connectivity index is 2.01. The quantitative estimate of drug-likeness (QED) is 0.583. The van der Waals surface area contributed by atoms with Crippen LogP contribution in [0.15, 0.2) is 0 Å². The Kier molecular flexibility index (Phi) is 3.27. The molecule has 1 atom stereocenters. The van der Waals surface area contributed by atoms with Crippen LogP contribution < -0.4 is 5.32 Å². The molecular formula is C8H17BN. The lowest BCUT2D eigenvalue weighted by molar-refractivity contribution is 0.481. The van der Waals surface area contributed by atoms with Gasteiger partial charge in [0, 0.05) is 6.04 Å². The number of nitrogens with one attached hydrogen (secondary N) is 1. The van der Waals surface area contributed by atoms with E-state index in [1.54, 1.807) is 0 Å². The molecule has 1 aliphatic rings. The van der Waals surface area contributed by atoms with Gasteiger partial charge in [0.15, 0.2) is 0 Å². The molecule has 0 spiro atoms. The van der Waals surface area contributed by atoms with Crippen molar-refractivity contribution < 1.29 is 0 Å². The molecule has 0 aromatic heterocycles. The standard InChI is InChI=1S/C8H17BN/c1-7(2)10-6-8-3-4-9-5-8/h7-8,10H,3-6H2,1-2H3. The summed E-state index contributed by atoms with van der Waals surface area (Å²) in [7, 11) is 2.41. The van der Waals surface area contributed by atoms with Crippen molar-refractivity contribution in [1.29, 1.82) is 0 Å². The van der Waals surface area contributed by atoms with Crippen LogP contribution >= 0.6 is 0 Å². The summed E-state index contributed by atoms with van der Waals surface area (Å²) >= 11 is 0. The van der Waals surface area contributed by atoms with Gasteiger partial charge in [-0.2, -0.15) is 0 Å². The van der Waals surface area contributed by atoms with E-state index in [1.807, 2.05) is 0 Å². The van der Waals surface area contributed by atoms with Gasteiger partial charge in [-0.25, -0.2) is 0 Å². The summed E-state index contributed by atoms with van der Waals surface area (Å²) in [5.74, 6) is 0.933. The fourth-order valence-electron chi connectivity index (χ4n) is 1.41. The van der Waals surface area contributed by atoms with E-state index in [0.29, 0.717) is 6.04 Å². The van der Waals surface area contributed by atoms with Crippen molar-refractivity contribution in [3.63, 3.8) is 0 Å². The van der Waals surface area contributed by atoms with E-state index < -0.39 is 0 Å². The van der Waals surface area contributed by atoms with Crippen LogP contribution in [0.4, 0.5) is 0 Å². The Morgan fingerprint density at radius 1 is 1.60 bits per heavy atom. The summed E-state index contributed by atoms with van der Waals surface area (Å²) in [4.78, 5) is 0. The van der Waals surface area contributed by atoms with Crippen LogP contribution in [0, 0.1) is 5.92 Å². The highest BCUT2D eigenvalue weighted by Gasteiger charge is 2.14. The van der Waals surface area contributed by atoms with Gasteiger partial charge in [0.05, 0.1) is 0 Å². The third-order valence-corrected chi connectivity index (χ3v) is 2.09. The molecule has 10 heavy (non-hydrogen) atoms. The molecule has 1 rings (SSSR count). The van der Waals surface area contributed by atoms with Crippen molar-refractivity contribution in [3.8, 4) is 0 Å². The van der Waals surface area contributed by atoms with E-state index in [0.717, 1.165) is 5.92 Å². The highest BCUT2D eigenvalue weighted by molar-refractivity contribution is 6.36. The maximum atomic E-state index is 3.47. The Labute approximate surface area is 64.8 Å². The number of rotatable bonds is 3. The number of hydrogen-bond acceptors (Lipinski definition) is 1. The molecule has 2 heteroatoms. The molecule has 1 N–H and O–H groups in total. The minimum Gasteiger partial charge on any atom is -0.314 e. The molecule has 0 aliphatic carbocycles. The lowest BCUT2D eigenvalue weighted by Gasteiger charge is -2.12. The highest BCUT2D eigenvalue weighted by Crippen LogP contribution is 2.19. The minimum atomic E-state index is 0.653. The van der Waals surface area contributed by atoms with Crippen LogP contribution in [-0.4, -0.2) is 19.9 Å². The summed E-state index contributed by atoms with van der Waals surface area (Å²) < 4.78 is 0. The van der Waals surface area contributed by atoms with Gasteiger partial charge in [-0.05, 0) is 12.5 Å². The van der Waals surface area contributed by atoms with Gasteiger partial charge in [0.2, 0.25) is 0 Å². The predicted octanol–water partition coefficient (Wildman–Crippen LogP) is 1.55. The van der Waals surface area contributed by atoms with Gasteiger partial charge in [-0.3, -0.25) is 0 Å². The average Bonchev–Trinajstić information content (AvgIpc) is 2.34. The first kappa shape index (κ1) is 8.12. The monoisotopic (exact) mass is 138 g/mol. The van der Waals surface area contributed by atoms with Gasteiger partial charge in [0.25, 0.3) is 0 Å². The van der Waals surface area contributed by atoms with Crippen LogP contribution in [-0.2, 0) is 0 Å². The van der Waals surface area contributed by atoms with Crippen LogP contribution in [0.5, 0.6) is 0 Å². The second kappa shape index (κ2) is 4.02. The third-order valence-electron chi connectivity index (χ3n) is 2.09. The maximum absolute atomic E-state index is 3.47. The second-order valence-corrected chi connectivity index (χ2v) is 3.53. The van der Waals surface area contributed by atoms with E-state index >= 15 is 0 Å². The Morgan fingerprint density at radius 2 is 2.40 bits per heavy atom. The largest absolute Gasteiger partial charge is 0.314 e. The summed E-state index contributed by atoms with van der Waals surface area (Å²) in [5.41, 5.74) is 0. The lowest BCUT2D eigenvalue weighted by atomic mass is 9.76. The van der Waals surface area contributed by atoms with Gasteiger partial charge < -0.3 is 5.32 Å². The van der Waals surface area contributed by atoms with Gasteiger partial charge in [0.1, 0.15) is 7.28 Å². The topological polar surface area (TPSA) is 12.0 Å². The first-order valence-electron chi connectivity index (χ1n) is 4.34. The second-order valence-electron chi connectivity index (χ2n) is 3.53. The SMILES string of the molecule is CC(C)NCC1C[B]CC1. The summed E-state index contributed by atoms with van der Waals surface area (Å²) in [6, 6.07) is 0.653. The van der Waals surface area contributed by atoms with E-state index in [-0.39, 0.29) is 0 Å². The molecule has 0 bridgehead atoms. The fraction of sp³-hybridized carbons (Fsp3) is 1.00. The Bertz CT molecular complexity index is 87.3. The summed E-state index contributed by atoms with van der Waals surface area (Å²) in [6.07, 6.45) is 4.07. The molecule has 1 unspecified atom stereocenters. The molecule has 1 nitrogen and oxygen atoms in total. The molecular weight excluding hydrogens is 121 g/mol. The number of hydrogen-bond donors (Lipinski definition) is 1. The van der Waals surface area contributed by atoms with Crippen molar-refractivity contribution in [2.45, 2.75) is 39.0 Å². The van der Waals surface area contributed by atoms with E-state index in [4.69, 9.17) is 0 Å². The molecule has 1 radical (unpaired) electrons. The summed E-state index contributed by atoms with van der Waals surface area (Å²) in [5, 5.41) is 3.47. The molecule has 0 amide bonds. The maximum Gasteiger partial charge on any atom is 0.109 e. The predicted molar refractivity (Wildman–Crippen MR) is 46.6 cm³/mol. The van der Waals surface area contributed by atoms with E-state index in [2.05, 4.69) is 26.4 Å². The van der Waals surface area contributed by atoms with Crippen LogP contribution in [0.2, 0.25) is 12.6 Å². The highest BCUT2D eigenvalue weighted by atomic mass is 14.9. The minimum absolute atomic E-state index is 0.653. The molecule has 0 aromatic carbocycles. The van der Waals surface area contributed by atoms with E-state index in [9.17, 15) is 0 Å². The van der Waals surface area contributed by atoms with Crippen molar-refractivity contribution in [2.75, 3.05) is 6.54 Å². The fourth-order valence-corrected chi connectivity index (χ4v) is 1.41. The third kappa shape index (κ3) is 2.74. The average molecular weight is 138 g/mol. The van der Waals surface area contributed by atoms with Crippen molar-refractivity contribution in [2.24, 2.45) is 5.92 Å². The zero-order chi connectivity index (χ0) is 7.40. The molecule has 57 valence electrons. The Hall–Kier alpha value is 0.0249. The zero-order valence-electron chi connectivity index (χ0n) is 7.06. The van der Waals surface area contributed by atoms with Crippen molar-refractivity contribution >= 4 is 7.28 Å². The first-order chi connectivity index (χ1) is 4.79. The zero-order valence-corrected chi connectivity index (χ0v) is 7.06. The van der Waals surface area contributed by atoms with Gasteiger partial charge in [-0.15, -0.1) is 0 Å². The van der Waals surface area contributed by atoms with Gasteiger partial charge in [-0.1, -0.05) is 32.9 Å². The molecule has 0 saturated carbocycles. The molecule has 1 heterocycles. The smallest absolute Gasteiger partial charge is 0.109 e.